The zero-order valence-corrected chi connectivity index (χ0v) is 14.2. The smallest absolute Gasteiger partial charge is 0.497 e. The molecule has 0 unspecified atom stereocenters. The van der Waals surface area contributed by atoms with Crippen molar-refractivity contribution < 1.29 is 36.6 Å². The first kappa shape index (κ1) is 19.0. The van der Waals surface area contributed by atoms with Gasteiger partial charge in [-0.25, -0.2) is 4.79 Å². The molecule has 0 atom stereocenters. The van der Waals surface area contributed by atoms with Crippen molar-refractivity contribution in [3.8, 4) is 17.2 Å². The third-order valence-corrected chi connectivity index (χ3v) is 3.54. The normalized spacial score (nSPS) is 11.1. The summed E-state index contributed by atoms with van der Waals surface area (Å²) in [5.74, 6) is -0.697. The molecule has 0 bridgehead atoms. The Balaban J connectivity index is 1.81. The SMILES string of the molecule is COc1ccc(-[n+]2[nH]oc(=O)c2C(=O)Nc2ccc(OC(F)(F)F)cc2)cc1. The van der Waals surface area contributed by atoms with Crippen LogP contribution in [0, 0.1) is 0 Å². The molecular formula is C17H13F3N3O5+. The lowest BCUT2D eigenvalue weighted by Gasteiger charge is -2.09. The van der Waals surface area contributed by atoms with E-state index in [9.17, 15) is 22.8 Å². The second-order valence-corrected chi connectivity index (χ2v) is 5.39. The second-order valence-electron chi connectivity index (χ2n) is 5.39. The minimum atomic E-state index is -4.82. The number of H-pyrrole nitrogens is 1. The Kier molecular flexibility index (Phi) is 5.07. The van der Waals surface area contributed by atoms with Crippen molar-refractivity contribution in [1.29, 1.82) is 0 Å². The van der Waals surface area contributed by atoms with Crippen LogP contribution in [0.3, 0.4) is 0 Å². The zero-order chi connectivity index (χ0) is 20.3. The number of halogens is 3. The van der Waals surface area contributed by atoms with Gasteiger partial charge >= 0.3 is 23.6 Å². The van der Waals surface area contributed by atoms with Crippen molar-refractivity contribution >= 4 is 11.6 Å². The molecule has 1 amide bonds. The third-order valence-electron chi connectivity index (χ3n) is 3.54. The number of anilines is 1. The minimum absolute atomic E-state index is 0.154. The number of benzene rings is 2. The number of amides is 1. The third kappa shape index (κ3) is 4.31. The molecule has 0 spiro atoms. The predicted octanol–water partition coefficient (Wildman–Crippen LogP) is 2.40. The van der Waals surface area contributed by atoms with Crippen LogP contribution in [-0.2, 0) is 0 Å². The first-order valence-electron chi connectivity index (χ1n) is 7.72. The first-order valence-corrected chi connectivity index (χ1v) is 7.72. The van der Waals surface area contributed by atoms with Gasteiger partial charge < -0.3 is 14.8 Å². The maximum Gasteiger partial charge on any atom is 0.573 e. The van der Waals surface area contributed by atoms with Crippen LogP contribution in [0.5, 0.6) is 11.5 Å². The highest BCUT2D eigenvalue weighted by Gasteiger charge is 2.32. The number of methoxy groups -OCH3 is 1. The van der Waals surface area contributed by atoms with Gasteiger partial charge in [-0.2, -0.15) is 0 Å². The summed E-state index contributed by atoms with van der Waals surface area (Å²) in [6, 6.07) is 10.9. The highest BCUT2D eigenvalue weighted by atomic mass is 19.4. The van der Waals surface area contributed by atoms with E-state index in [1.54, 1.807) is 24.3 Å². The van der Waals surface area contributed by atoms with E-state index in [2.05, 4.69) is 19.8 Å². The Hall–Kier alpha value is -3.76. The van der Waals surface area contributed by atoms with E-state index in [-0.39, 0.29) is 11.4 Å². The van der Waals surface area contributed by atoms with E-state index in [4.69, 9.17) is 4.74 Å². The molecule has 0 aliphatic rings. The Labute approximate surface area is 155 Å². The Morgan fingerprint density at radius 1 is 1.07 bits per heavy atom. The molecule has 8 nitrogen and oxygen atoms in total. The van der Waals surface area contributed by atoms with E-state index >= 15 is 0 Å². The van der Waals surface area contributed by atoms with E-state index < -0.39 is 23.6 Å². The summed E-state index contributed by atoms with van der Waals surface area (Å²) in [4.78, 5) is 24.4. The molecule has 11 heteroatoms. The highest BCUT2D eigenvalue weighted by Crippen LogP contribution is 2.24. The quantitative estimate of drug-likeness (QED) is 0.646. The first-order chi connectivity index (χ1) is 13.3. The number of rotatable bonds is 5. The fraction of sp³-hybridized carbons (Fsp3) is 0.118. The van der Waals surface area contributed by atoms with Gasteiger partial charge in [-0.1, -0.05) is 0 Å². The summed E-state index contributed by atoms with van der Waals surface area (Å²) in [5.41, 5.74) is -0.710. The number of nitrogens with one attached hydrogen (secondary N) is 2. The number of ether oxygens (including phenoxy) is 2. The van der Waals surface area contributed by atoms with Gasteiger partial charge in [0.25, 0.3) is 0 Å². The van der Waals surface area contributed by atoms with Crippen LogP contribution in [0.15, 0.2) is 57.8 Å². The molecular weight excluding hydrogens is 383 g/mol. The Morgan fingerprint density at radius 3 is 2.25 bits per heavy atom. The fourth-order valence-corrected chi connectivity index (χ4v) is 2.31. The van der Waals surface area contributed by atoms with E-state index in [1.807, 2.05) is 0 Å². The van der Waals surface area contributed by atoms with Gasteiger partial charge in [0.05, 0.1) is 7.11 Å². The standard InChI is InChI=1S/C17H12F3N3O5/c1-26-12-8-4-11(5-9-12)23-14(16(25)28-22-23)15(24)21-10-2-6-13(7-3-10)27-17(18,19)20/h2-9H,1H3,(H-,21,22,24,25)/p+1. The summed E-state index contributed by atoms with van der Waals surface area (Å²) in [6.07, 6.45) is -4.82. The molecule has 0 fully saturated rings. The maximum atomic E-state index is 12.5. The Bertz CT molecular complexity index is 1020. The topological polar surface area (TPSA) is 97.4 Å². The minimum Gasteiger partial charge on any atom is -0.497 e. The van der Waals surface area contributed by atoms with Crippen molar-refractivity contribution in [3.05, 3.63) is 64.6 Å². The lowest BCUT2D eigenvalue weighted by atomic mass is 10.2. The molecule has 0 aliphatic carbocycles. The molecule has 0 aliphatic heterocycles. The van der Waals surface area contributed by atoms with Gasteiger partial charge in [0, 0.05) is 17.8 Å². The number of aromatic amines is 1. The van der Waals surface area contributed by atoms with Gasteiger partial charge in [-0.3, -0.25) is 9.32 Å². The molecule has 2 aromatic carbocycles. The maximum absolute atomic E-state index is 12.5. The molecule has 2 N–H and O–H groups in total. The van der Waals surface area contributed by atoms with Gasteiger partial charge in [-0.15, -0.1) is 13.2 Å². The van der Waals surface area contributed by atoms with Gasteiger partial charge in [0.15, 0.2) is 0 Å². The zero-order valence-electron chi connectivity index (χ0n) is 14.2. The van der Waals surface area contributed by atoms with E-state index in [0.717, 1.165) is 16.8 Å². The number of hydrogen-bond donors (Lipinski definition) is 2. The van der Waals surface area contributed by atoms with Crippen molar-refractivity contribution in [2.75, 3.05) is 12.4 Å². The molecule has 3 rings (SSSR count). The lowest BCUT2D eigenvalue weighted by Crippen LogP contribution is -2.42. The molecule has 0 saturated carbocycles. The van der Waals surface area contributed by atoms with Crippen LogP contribution in [0.2, 0.25) is 0 Å². The molecule has 0 radical (unpaired) electrons. The summed E-state index contributed by atoms with van der Waals surface area (Å²) in [7, 11) is 1.49. The van der Waals surface area contributed by atoms with Crippen molar-refractivity contribution in [2.45, 2.75) is 6.36 Å². The number of carbonyl (C=O) groups is 1. The molecule has 0 saturated heterocycles. The monoisotopic (exact) mass is 396 g/mol. The molecule has 28 heavy (non-hydrogen) atoms. The van der Waals surface area contributed by atoms with Crippen LogP contribution in [0.4, 0.5) is 18.9 Å². The second kappa shape index (κ2) is 7.47. The molecule has 146 valence electrons. The molecule has 1 heterocycles. The summed E-state index contributed by atoms with van der Waals surface area (Å²) in [6.45, 7) is 0. The van der Waals surface area contributed by atoms with E-state index in [1.165, 1.54) is 19.2 Å². The summed E-state index contributed by atoms with van der Waals surface area (Å²) < 4.78 is 51.2. The summed E-state index contributed by atoms with van der Waals surface area (Å²) >= 11 is 0. The number of alkyl halides is 3. The average Bonchev–Trinajstić information content (AvgIpc) is 3.04. The summed E-state index contributed by atoms with van der Waals surface area (Å²) in [5, 5.41) is 4.72. The van der Waals surface area contributed by atoms with Crippen LogP contribution < -0.4 is 25.1 Å². The Morgan fingerprint density at radius 2 is 1.68 bits per heavy atom. The van der Waals surface area contributed by atoms with Crippen LogP contribution in [0.1, 0.15) is 10.5 Å². The van der Waals surface area contributed by atoms with Crippen LogP contribution in [-0.4, -0.2) is 24.7 Å². The number of carbonyl (C=O) groups excluding carboxylic acids is 1. The van der Waals surface area contributed by atoms with Crippen molar-refractivity contribution in [1.82, 2.24) is 5.27 Å². The van der Waals surface area contributed by atoms with Crippen LogP contribution >= 0.6 is 0 Å². The van der Waals surface area contributed by atoms with Crippen molar-refractivity contribution in [3.63, 3.8) is 0 Å². The molecule has 1 aromatic heterocycles. The van der Waals surface area contributed by atoms with Gasteiger partial charge in [-0.05, 0) is 46.4 Å². The average molecular weight is 396 g/mol. The van der Waals surface area contributed by atoms with Gasteiger partial charge in [0.1, 0.15) is 11.5 Å². The lowest BCUT2D eigenvalue weighted by molar-refractivity contribution is -0.672. The fourth-order valence-electron chi connectivity index (χ4n) is 2.31. The van der Waals surface area contributed by atoms with E-state index in [0.29, 0.717) is 11.4 Å². The number of nitrogens with zero attached hydrogens (tertiary/aromatic N) is 1. The van der Waals surface area contributed by atoms with Gasteiger partial charge in [0.2, 0.25) is 5.69 Å². The van der Waals surface area contributed by atoms with Crippen molar-refractivity contribution in [2.24, 2.45) is 0 Å². The number of hydrogen-bond acceptors (Lipinski definition) is 5. The largest absolute Gasteiger partial charge is 0.573 e. The molecule has 3 aromatic rings. The highest BCUT2D eigenvalue weighted by molar-refractivity contribution is 6.01. The number of aromatic nitrogens is 2. The predicted molar refractivity (Wildman–Crippen MR) is 88.5 cm³/mol. The van der Waals surface area contributed by atoms with Crippen LogP contribution in [0.25, 0.3) is 5.69 Å².